The summed E-state index contributed by atoms with van der Waals surface area (Å²) in [5.74, 6) is 0. The van der Waals surface area contributed by atoms with Crippen LogP contribution in [0.25, 0.3) is 71.3 Å². The van der Waals surface area contributed by atoms with Gasteiger partial charge in [0.15, 0.2) is 0 Å². The quantitative estimate of drug-likeness (QED) is 0.190. The molecule has 0 radical (unpaired) electrons. The van der Waals surface area contributed by atoms with Gasteiger partial charge in [-0.15, -0.1) is 0 Å². The number of benzene rings is 8. The summed E-state index contributed by atoms with van der Waals surface area (Å²) in [6, 6.07) is 64.9. The Hall–Kier alpha value is -6.58. The molecule has 0 bridgehead atoms. The first kappa shape index (κ1) is 27.5. The Bertz CT molecular complexity index is 2770. The van der Waals surface area contributed by atoms with Crippen LogP contribution in [0.4, 0.5) is 17.1 Å². The second-order valence-electron chi connectivity index (χ2n) is 12.5. The zero-order valence-corrected chi connectivity index (χ0v) is 26.6. The van der Waals surface area contributed by atoms with Crippen LogP contribution in [0.15, 0.2) is 186 Å². The van der Waals surface area contributed by atoms with Crippen LogP contribution >= 0.6 is 0 Å². The highest BCUT2D eigenvalue weighted by Gasteiger charge is 2.24. The topological polar surface area (TPSA) is 21.3 Å². The summed E-state index contributed by atoms with van der Waals surface area (Å²) >= 11 is 0. The first-order chi connectivity index (χ1) is 24.3. The number of fused-ring (bicyclic) bond motifs is 8. The van der Waals surface area contributed by atoms with Gasteiger partial charge in [-0.2, -0.15) is 0 Å². The van der Waals surface area contributed by atoms with Crippen LogP contribution in [0, 0.1) is 0 Å². The van der Waals surface area contributed by atoms with Crippen molar-refractivity contribution in [2.24, 2.45) is 0 Å². The molecule has 0 aliphatic carbocycles. The molecule has 230 valence electrons. The minimum atomic E-state index is 0.865. The van der Waals surface area contributed by atoms with E-state index in [4.69, 9.17) is 4.42 Å². The summed E-state index contributed by atoms with van der Waals surface area (Å²) in [6.45, 7) is 0. The van der Waals surface area contributed by atoms with Crippen LogP contribution in [0.1, 0.15) is 0 Å². The highest BCUT2D eigenvalue weighted by molar-refractivity contribution is 6.20. The summed E-state index contributed by atoms with van der Waals surface area (Å²) < 4.78 is 9.10. The van der Waals surface area contributed by atoms with Gasteiger partial charge >= 0.3 is 0 Å². The van der Waals surface area contributed by atoms with Gasteiger partial charge in [-0.3, -0.25) is 0 Å². The predicted molar refractivity (Wildman–Crippen MR) is 206 cm³/mol. The molecule has 3 nitrogen and oxygen atoms in total. The number of furan rings is 1. The first-order valence-electron chi connectivity index (χ1n) is 16.7. The highest BCUT2D eigenvalue weighted by atomic mass is 16.3. The molecular formula is C46H30N2O. The van der Waals surface area contributed by atoms with Gasteiger partial charge in [-0.25, -0.2) is 0 Å². The van der Waals surface area contributed by atoms with Crippen LogP contribution in [-0.4, -0.2) is 4.57 Å². The second kappa shape index (κ2) is 11.0. The van der Waals surface area contributed by atoms with Gasteiger partial charge in [0.1, 0.15) is 11.2 Å². The Balaban J connectivity index is 1.28. The van der Waals surface area contributed by atoms with Crippen LogP contribution in [0.3, 0.4) is 0 Å². The van der Waals surface area contributed by atoms with E-state index in [-0.39, 0.29) is 0 Å². The number of para-hydroxylation sites is 4. The second-order valence-corrected chi connectivity index (χ2v) is 12.5. The fraction of sp³-hybridized carbons (Fsp3) is 0. The van der Waals surface area contributed by atoms with Gasteiger partial charge in [0, 0.05) is 27.2 Å². The number of hydrogen-bond donors (Lipinski definition) is 0. The molecule has 10 rings (SSSR count). The summed E-state index contributed by atoms with van der Waals surface area (Å²) in [6.07, 6.45) is 0. The van der Waals surface area contributed by atoms with Gasteiger partial charge in [-0.05, 0) is 71.1 Å². The van der Waals surface area contributed by atoms with E-state index in [2.05, 4.69) is 191 Å². The lowest BCUT2D eigenvalue weighted by Gasteiger charge is -2.29. The monoisotopic (exact) mass is 626 g/mol. The summed E-state index contributed by atoms with van der Waals surface area (Å²) in [7, 11) is 0. The molecule has 0 atom stereocenters. The van der Waals surface area contributed by atoms with Crippen LogP contribution in [0.2, 0.25) is 0 Å². The standard InChI is InChI=1S/C46H30N2O/c1-2-13-31(14-3-1)32-25-28-34(29-26-32)47(43-23-12-24-44-45(43)38-30-27-33-15-4-5-16-35(33)46(38)49-44)41-21-10-11-22-42(41)48-39-19-8-6-17-36(39)37-18-7-9-20-40(37)48/h1-30H. The van der Waals surface area contributed by atoms with E-state index in [1.807, 2.05) is 0 Å². The van der Waals surface area contributed by atoms with E-state index >= 15 is 0 Å². The van der Waals surface area contributed by atoms with Crippen LogP contribution in [-0.2, 0) is 0 Å². The Morgan fingerprint density at radius 3 is 1.80 bits per heavy atom. The maximum absolute atomic E-state index is 6.69. The van der Waals surface area contributed by atoms with Crippen LogP contribution in [0.5, 0.6) is 0 Å². The third-order valence-corrected chi connectivity index (χ3v) is 9.78. The van der Waals surface area contributed by atoms with Crippen molar-refractivity contribution < 1.29 is 4.42 Å². The van der Waals surface area contributed by atoms with Gasteiger partial charge in [0.05, 0.1) is 33.5 Å². The lowest BCUT2D eigenvalue weighted by atomic mass is 10.0. The van der Waals surface area contributed by atoms with Crippen molar-refractivity contribution in [1.82, 2.24) is 4.57 Å². The lowest BCUT2D eigenvalue weighted by Crippen LogP contribution is -2.13. The van der Waals surface area contributed by atoms with E-state index in [0.29, 0.717) is 0 Å². The van der Waals surface area contributed by atoms with E-state index in [0.717, 1.165) is 50.1 Å². The summed E-state index contributed by atoms with van der Waals surface area (Å²) in [5, 5.41) is 6.95. The normalized spacial score (nSPS) is 11.7. The molecule has 3 heteroatoms. The number of hydrogen-bond acceptors (Lipinski definition) is 2. The zero-order valence-electron chi connectivity index (χ0n) is 26.6. The molecule has 0 N–H and O–H groups in total. The molecule has 0 saturated heterocycles. The lowest BCUT2D eigenvalue weighted by molar-refractivity contribution is 0.672. The summed E-state index contributed by atoms with van der Waals surface area (Å²) in [4.78, 5) is 2.40. The minimum absolute atomic E-state index is 0.865. The Morgan fingerprint density at radius 2 is 1.02 bits per heavy atom. The molecule has 0 spiro atoms. The molecule has 0 unspecified atom stereocenters. The van der Waals surface area contributed by atoms with Crippen LogP contribution < -0.4 is 4.90 Å². The Kier molecular flexibility index (Phi) is 6.18. The zero-order chi connectivity index (χ0) is 32.3. The molecular weight excluding hydrogens is 597 g/mol. The smallest absolute Gasteiger partial charge is 0.143 e. The molecule has 0 aliphatic heterocycles. The van der Waals surface area contributed by atoms with Crippen molar-refractivity contribution in [3.63, 3.8) is 0 Å². The minimum Gasteiger partial charge on any atom is -0.455 e. The van der Waals surface area contributed by atoms with Crippen molar-refractivity contribution >= 4 is 71.6 Å². The first-order valence-corrected chi connectivity index (χ1v) is 16.7. The Labute approximate surface area is 283 Å². The van der Waals surface area contributed by atoms with Crippen molar-refractivity contribution in [2.45, 2.75) is 0 Å². The summed E-state index contributed by atoms with van der Waals surface area (Å²) in [5.41, 5.74) is 10.8. The van der Waals surface area contributed by atoms with Gasteiger partial charge in [0.2, 0.25) is 0 Å². The third kappa shape index (κ3) is 4.29. The number of rotatable bonds is 5. The van der Waals surface area contributed by atoms with E-state index in [1.165, 1.54) is 38.3 Å². The van der Waals surface area contributed by atoms with Crippen molar-refractivity contribution in [2.75, 3.05) is 4.90 Å². The largest absolute Gasteiger partial charge is 0.455 e. The molecule has 0 aliphatic rings. The van der Waals surface area contributed by atoms with Crippen molar-refractivity contribution in [3.05, 3.63) is 182 Å². The molecule has 49 heavy (non-hydrogen) atoms. The average molecular weight is 627 g/mol. The van der Waals surface area contributed by atoms with E-state index < -0.39 is 0 Å². The van der Waals surface area contributed by atoms with E-state index in [1.54, 1.807) is 0 Å². The maximum Gasteiger partial charge on any atom is 0.143 e. The molecule has 10 aromatic rings. The Morgan fingerprint density at radius 1 is 0.408 bits per heavy atom. The molecule has 2 aromatic heterocycles. The highest BCUT2D eigenvalue weighted by Crippen LogP contribution is 2.47. The third-order valence-electron chi connectivity index (χ3n) is 9.78. The molecule has 0 fully saturated rings. The average Bonchev–Trinajstić information content (AvgIpc) is 3.73. The molecule has 8 aromatic carbocycles. The van der Waals surface area contributed by atoms with Gasteiger partial charge in [-0.1, -0.05) is 127 Å². The van der Waals surface area contributed by atoms with Gasteiger partial charge in [0.25, 0.3) is 0 Å². The predicted octanol–water partition coefficient (Wildman–Crippen LogP) is 13.0. The van der Waals surface area contributed by atoms with Crippen molar-refractivity contribution in [3.8, 4) is 16.8 Å². The van der Waals surface area contributed by atoms with Crippen molar-refractivity contribution in [1.29, 1.82) is 0 Å². The number of nitrogens with zero attached hydrogens (tertiary/aromatic N) is 2. The maximum atomic E-state index is 6.69. The van der Waals surface area contributed by atoms with Gasteiger partial charge < -0.3 is 13.9 Å². The molecule has 2 heterocycles. The fourth-order valence-corrected chi connectivity index (χ4v) is 7.59. The number of anilines is 3. The van der Waals surface area contributed by atoms with E-state index in [9.17, 15) is 0 Å². The number of aromatic nitrogens is 1. The SMILES string of the molecule is c1ccc(-c2ccc(N(c3ccccc3-n3c4ccccc4c4ccccc43)c3cccc4oc5c6ccccc6ccc5c34)cc2)cc1. The molecule has 0 amide bonds. The molecule has 0 saturated carbocycles. The fourth-order valence-electron chi connectivity index (χ4n) is 7.59.